The molecule has 1 heterocycles. The number of benzene rings is 2. The van der Waals surface area contributed by atoms with Crippen molar-refractivity contribution in [2.75, 3.05) is 10.6 Å². The van der Waals surface area contributed by atoms with Gasteiger partial charge >= 0.3 is 0 Å². The lowest BCUT2D eigenvalue weighted by Crippen LogP contribution is -2.54. The second-order valence-corrected chi connectivity index (χ2v) is 9.58. The predicted octanol–water partition coefficient (Wildman–Crippen LogP) is 6.14. The Labute approximate surface area is 184 Å². The van der Waals surface area contributed by atoms with Crippen molar-refractivity contribution >= 4 is 28.9 Å². The highest BCUT2D eigenvalue weighted by Gasteiger charge is 2.48. The summed E-state index contributed by atoms with van der Waals surface area (Å²) in [7, 11) is 0. The van der Waals surface area contributed by atoms with Gasteiger partial charge in [0.25, 0.3) is 0 Å². The third-order valence-corrected chi connectivity index (χ3v) is 6.60. The highest BCUT2D eigenvalue weighted by Crippen LogP contribution is 2.46. The number of rotatable bonds is 6. The Kier molecular flexibility index (Phi) is 6.24. The molecule has 0 bridgehead atoms. The third kappa shape index (κ3) is 4.29. The topological polar surface area (TPSA) is 53.2 Å². The molecule has 0 radical (unpaired) electrons. The van der Waals surface area contributed by atoms with Gasteiger partial charge in [-0.15, -0.1) is 0 Å². The first kappa shape index (κ1) is 21.0. The van der Waals surface area contributed by atoms with Gasteiger partial charge in [0.15, 0.2) is 0 Å². The zero-order chi connectivity index (χ0) is 21.1. The van der Waals surface area contributed by atoms with Crippen LogP contribution in [-0.2, 0) is 10.5 Å². The fourth-order valence-corrected chi connectivity index (χ4v) is 5.10. The smallest absolute Gasteiger partial charge is 0.228 e. The number of nitrogens with one attached hydrogen (secondary N) is 3. The van der Waals surface area contributed by atoms with Crippen LogP contribution in [0.3, 0.4) is 0 Å². The Morgan fingerprint density at radius 2 is 1.73 bits per heavy atom. The first-order valence-electron chi connectivity index (χ1n) is 11.2. The molecule has 0 aromatic heterocycles. The summed E-state index contributed by atoms with van der Waals surface area (Å²) in [5.41, 5.74) is 2.27. The molecule has 4 nitrogen and oxygen atoms in total. The SMILES string of the molecule is CC(C)CC(C(=O)NC1CCCCC1)C1(c2cccc(Cl)c2)Nc2ccccc2N1. The molecule has 1 amide bonds. The Bertz CT molecular complexity index is 866. The number of para-hydroxylation sites is 2. The molecular weight excluding hydrogens is 394 g/mol. The maximum Gasteiger partial charge on any atom is 0.228 e. The van der Waals surface area contributed by atoms with E-state index in [2.05, 4.69) is 48.0 Å². The van der Waals surface area contributed by atoms with E-state index in [1.807, 2.05) is 30.3 Å². The molecular formula is C25H32ClN3O. The van der Waals surface area contributed by atoms with E-state index in [1.54, 1.807) is 0 Å². The fourth-order valence-electron chi connectivity index (χ4n) is 4.91. The highest BCUT2D eigenvalue weighted by molar-refractivity contribution is 6.30. The van der Waals surface area contributed by atoms with Gasteiger partial charge in [0, 0.05) is 11.1 Å². The van der Waals surface area contributed by atoms with Gasteiger partial charge in [0.1, 0.15) is 5.66 Å². The monoisotopic (exact) mass is 425 g/mol. The molecule has 2 aliphatic rings. The van der Waals surface area contributed by atoms with E-state index in [0.29, 0.717) is 10.9 Å². The fraction of sp³-hybridized carbons (Fsp3) is 0.480. The van der Waals surface area contributed by atoms with Crippen LogP contribution in [0.5, 0.6) is 0 Å². The number of anilines is 2. The van der Waals surface area contributed by atoms with Crippen molar-refractivity contribution in [1.82, 2.24) is 5.32 Å². The summed E-state index contributed by atoms with van der Waals surface area (Å²) in [5, 5.41) is 11.4. The molecule has 3 N–H and O–H groups in total. The van der Waals surface area contributed by atoms with Crippen molar-refractivity contribution in [2.24, 2.45) is 11.8 Å². The molecule has 2 aromatic carbocycles. The van der Waals surface area contributed by atoms with Crippen LogP contribution in [0.1, 0.15) is 57.9 Å². The molecule has 1 fully saturated rings. The summed E-state index contributed by atoms with van der Waals surface area (Å²) in [6.07, 6.45) is 6.57. The van der Waals surface area contributed by atoms with Crippen molar-refractivity contribution in [3.05, 3.63) is 59.1 Å². The lowest BCUT2D eigenvalue weighted by Gasteiger charge is -2.40. The average Bonchev–Trinajstić information content (AvgIpc) is 3.13. The van der Waals surface area contributed by atoms with Crippen LogP contribution in [0, 0.1) is 11.8 Å². The van der Waals surface area contributed by atoms with E-state index < -0.39 is 5.66 Å². The largest absolute Gasteiger partial charge is 0.357 e. The van der Waals surface area contributed by atoms with Crippen LogP contribution in [0.2, 0.25) is 5.02 Å². The minimum absolute atomic E-state index is 0.114. The summed E-state index contributed by atoms with van der Waals surface area (Å²) in [4.78, 5) is 13.7. The number of amides is 1. The summed E-state index contributed by atoms with van der Waals surface area (Å²) in [6.45, 7) is 4.35. The molecule has 0 saturated heterocycles. The van der Waals surface area contributed by atoms with Gasteiger partial charge in [-0.25, -0.2) is 0 Å². The van der Waals surface area contributed by atoms with Crippen LogP contribution in [0.4, 0.5) is 11.4 Å². The van der Waals surface area contributed by atoms with Crippen molar-refractivity contribution in [1.29, 1.82) is 0 Å². The lowest BCUT2D eigenvalue weighted by atomic mass is 9.79. The first-order valence-corrected chi connectivity index (χ1v) is 11.6. The highest BCUT2D eigenvalue weighted by atomic mass is 35.5. The summed E-state index contributed by atoms with van der Waals surface area (Å²) in [6, 6.07) is 16.3. The molecule has 30 heavy (non-hydrogen) atoms. The van der Waals surface area contributed by atoms with Crippen LogP contribution in [0.25, 0.3) is 0 Å². The summed E-state index contributed by atoms with van der Waals surface area (Å²) >= 11 is 6.39. The number of carbonyl (C=O) groups is 1. The maximum absolute atomic E-state index is 13.7. The quantitative estimate of drug-likeness (QED) is 0.520. The van der Waals surface area contributed by atoms with Crippen LogP contribution in [0.15, 0.2) is 48.5 Å². The number of hydrogen-bond donors (Lipinski definition) is 3. The predicted molar refractivity (Wildman–Crippen MR) is 125 cm³/mol. The molecule has 1 saturated carbocycles. The Balaban J connectivity index is 1.73. The minimum atomic E-state index is -0.738. The Hall–Kier alpha value is -2.20. The van der Waals surface area contributed by atoms with Crippen LogP contribution in [-0.4, -0.2) is 11.9 Å². The molecule has 0 spiro atoms. The molecule has 5 heteroatoms. The average molecular weight is 426 g/mol. The zero-order valence-corrected chi connectivity index (χ0v) is 18.6. The van der Waals surface area contributed by atoms with Crippen molar-refractivity contribution in [2.45, 2.75) is 64.1 Å². The first-order chi connectivity index (χ1) is 14.5. The van der Waals surface area contributed by atoms with Crippen molar-refractivity contribution in [3.8, 4) is 0 Å². The van der Waals surface area contributed by atoms with Crippen molar-refractivity contribution < 1.29 is 4.79 Å². The second kappa shape index (κ2) is 8.89. The zero-order valence-electron chi connectivity index (χ0n) is 17.9. The van der Waals surface area contributed by atoms with E-state index in [9.17, 15) is 4.79 Å². The molecule has 1 aliphatic carbocycles. The van der Waals surface area contributed by atoms with Gasteiger partial charge < -0.3 is 16.0 Å². The maximum atomic E-state index is 13.7. The van der Waals surface area contributed by atoms with Crippen LogP contribution < -0.4 is 16.0 Å². The molecule has 2 aromatic rings. The van der Waals surface area contributed by atoms with Gasteiger partial charge in [0.2, 0.25) is 5.91 Å². The molecule has 1 aliphatic heterocycles. The summed E-state index contributed by atoms with van der Waals surface area (Å²) in [5.74, 6) is 0.198. The molecule has 160 valence electrons. The normalized spacial score (nSPS) is 18.9. The minimum Gasteiger partial charge on any atom is -0.357 e. The number of hydrogen-bond acceptors (Lipinski definition) is 3. The third-order valence-electron chi connectivity index (χ3n) is 6.37. The second-order valence-electron chi connectivity index (χ2n) is 9.14. The summed E-state index contributed by atoms with van der Waals surface area (Å²) < 4.78 is 0. The van der Waals surface area contributed by atoms with Gasteiger partial charge in [-0.2, -0.15) is 0 Å². The number of carbonyl (C=O) groups excluding carboxylic acids is 1. The van der Waals surface area contributed by atoms with Gasteiger partial charge in [-0.05, 0) is 55.0 Å². The Morgan fingerprint density at radius 3 is 2.33 bits per heavy atom. The van der Waals surface area contributed by atoms with Crippen LogP contribution >= 0.6 is 11.6 Å². The Morgan fingerprint density at radius 1 is 1.07 bits per heavy atom. The van der Waals surface area contributed by atoms with E-state index in [1.165, 1.54) is 19.3 Å². The van der Waals surface area contributed by atoms with Crippen molar-refractivity contribution in [3.63, 3.8) is 0 Å². The van der Waals surface area contributed by atoms with Gasteiger partial charge in [-0.1, -0.05) is 69.0 Å². The van der Waals surface area contributed by atoms with E-state index in [4.69, 9.17) is 11.6 Å². The molecule has 1 unspecified atom stereocenters. The van der Waals surface area contributed by atoms with E-state index >= 15 is 0 Å². The lowest BCUT2D eigenvalue weighted by molar-refractivity contribution is -0.128. The van der Waals surface area contributed by atoms with Gasteiger partial charge in [-0.3, -0.25) is 4.79 Å². The molecule has 1 atom stereocenters. The van der Waals surface area contributed by atoms with E-state index in [-0.39, 0.29) is 17.9 Å². The standard InChI is InChI=1S/C25H32ClN3O/c1-17(2)15-21(24(30)27-20-11-4-3-5-12-20)25(18-9-8-10-19(26)16-18)28-22-13-6-7-14-23(22)29-25/h6-10,13-14,16-17,20-21,28-29H,3-5,11-12,15H2,1-2H3,(H,27,30). The van der Waals surface area contributed by atoms with Gasteiger partial charge in [0.05, 0.1) is 17.3 Å². The van der Waals surface area contributed by atoms with E-state index in [0.717, 1.165) is 36.2 Å². The molecule has 4 rings (SSSR count). The number of halogens is 1. The number of fused-ring (bicyclic) bond motifs is 1.